The van der Waals surface area contributed by atoms with E-state index in [2.05, 4.69) is 0 Å². The van der Waals surface area contributed by atoms with Crippen LogP contribution in [0, 0.1) is 12.7 Å². The molecule has 7 heteroatoms. The van der Waals surface area contributed by atoms with Crippen molar-refractivity contribution in [2.45, 2.75) is 48.0 Å². The Kier molecular flexibility index (Phi) is 5.50. The number of fused-ring (bicyclic) bond motifs is 1. The molecule has 2 N–H and O–H groups in total. The smallest absolute Gasteiger partial charge is 0.187 e. The van der Waals surface area contributed by atoms with Crippen molar-refractivity contribution in [1.82, 2.24) is 0 Å². The van der Waals surface area contributed by atoms with Gasteiger partial charge in [-0.15, -0.1) is 0 Å². The number of rotatable bonds is 3. The molecule has 0 bridgehead atoms. The van der Waals surface area contributed by atoms with E-state index >= 15 is 0 Å². The fourth-order valence-corrected chi connectivity index (χ4v) is 4.31. The molecule has 0 amide bonds. The predicted molar refractivity (Wildman–Crippen MR) is 97.7 cm³/mol. The molecule has 0 radical (unpaired) electrons. The normalized spacial score (nSPS) is 33.5. The van der Waals surface area contributed by atoms with Gasteiger partial charge in [0.25, 0.3) is 0 Å². The molecule has 27 heavy (non-hydrogen) atoms. The van der Waals surface area contributed by atoms with Crippen molar-refractivity contribution in [3.05, 3.63) is 65.5 Å². The number of hydrogen-bond donors (Lipinski definition) is 2. The molecule has 2 aromatic rings. The Balaban J connectivity index is 1.47. The molecule has 4 rings (SSSR count). The SMILES string of the molecule is Cc1ccc(S[C@@H]2O[C@@H]3CO[C@H](c4ccccc4F)O[C@@H]3[C@H](O)[C@H]2O)cc1. The lowest BCUT2D eigenvalue weighted by Gasteiger charge is -2.46. The number of benzene rings is 2. The summed E-state index contributed by atoms with van der Waals surface area (Å²) in [6.07, 6.45) is -4.59. The minimum Gasteiger partial charge on any atom is -0.387 e. The average molecular weight is 392 g/mol. The molecular weight excluding hydrogens is 371 g/mol. The molecule has 2 saturated heterocycles. The molecule has 2 fully saturated rings. The van der Waals surface area contributed by atoms with Crippen LogP contribution in [0.3, 0.4) is 0 Å². The third kappa shape index (κ3) is 3.89. The summed E-state index contributed by atoms with van der Waals surface area (Å²) >= 11 is 1.34. The number of hydrogen-bond acceptors (Lipinski definition) is 6. The van der Waals surface area contributed by atoms with Gasteiger partial charge in [0.1, 0.15) is 35.7 Å². The van der Waals surface area contributed by atoms with E-state index in [-0.39, 0.29) is 12.2 Å². The Hall–Kier alpha value is -1.48. The van der Waals surface area contributed by atoms with Gasteiger partial charge in [0, 0.05) is 10.5 Å². The van der Waals surface area contributed by atoms with E-state index < -0.39 is 42.0 Å². The molecule has 5 nitrogen and oxygen atoms in total. The summed E-state index contributed by atoms with van der Waals surface area (Å²) in [6, 6.07) is 14.0. The predicted octanol–water partition coefficient (Wildman–Crippen LogP) is 2.79. The number of aliphatic hydroxyl groups is 2. The summed E-state index contributed by atoms with van der Waals surface area (Å²) in [5.74, 6) is -0.444. The van der Waals surface area contributed by atoms with Gasteiger partial charge in [-0.3, -0.25) is 0 Å². The summed E-state index contributed by atoms with van der Waals surface area (Å²) in [4.78, 5) is 0.928. The van der Waals surface area contributed by atoms with Crippen molar-refractivity contribution in [2.75, 3.05) is 6.61 Å². The first-order chi connectivity index (χ1) is 13.0. The van der Waals surface area contributed by atoms with Crippen LogP contribution < -0.4 is 0 Å². The van der Waals surface area contributed by atoms with Crippen LogP contribution in [0.15, 0.2) is 53.4 Å². The van der Waals surface area contributed by atoms with E-state index in [1.165, 1.54) is 17.8 Å². The summed E-state index contributed by atoms with van der Waals surface area (Å²) in [6.45, 7) is 2.13. The van der Waals surface area contributed by atoms with Gasteiger partial charge in [-0.2, -0.15) is 0 Å². The molecular formula is C20H21FO5S. The molecule has 0 spiro atoms. The van der Waals surface area contributed by atoms with Crippen molar-refractivity contribution in [2.24, 2.45) is 0 Å². The highest BCUT2D eigenvalue weighted by atomic mass is 32.2. The first kappa shape index (κ1) is 18.9. The van der Waals surface area contributed by atoms with Crippen molar-refractivity contribution < 1.29 is 28.8 Å². The fourth-order valence-electron chi connectivity index (χ4n) is 3.25. The van der Waals surface area contributed by atoms with Crippen molar-refractivity contribution in [3.8, 4) is 0 Å². The highest BCUT2D eigenvalue weighted by Crippen LogP contribution is 2.39. The lowest BCUT2D eigenvalue weighted by atomic mass is 9.99. The maximum atomic E-state index is 14.0. The minimum absolute atomic E-state index is 0.137. The molecule has 2 aliphatic heterocycles. The molecule has 2 aliphatic rings. The van der Waals surface area contributed by atoms with Crippen LogP contribution in [0.1, 0.15) is 17.4 Å². The second kappa shape index (κ2) is 7.87. The van der Waals surface area contributed by atoms with E-state index in [1.54, 1.807) is 18.2 Å². The maximum absolute atomic E-state index is 14.0. The molecule has 6 atom stereocenters. The third-order valence-corrected chi connectivity index (χ3v) is 5.93. The monoisotopic (exact) mass is 392 g/mol. The molecule has 0 saturated carbocycles. The first-order valence-corrected chi connectivity index (χ1v) is 9.67. The van der Waals surface area contributed by atoms with Gasteiger partial charge >= 0.3 is 0 Å². The summed E-state index contributed by atoms with van der Waals surface area (Å²) in [5.41, 5.74) is 0.743. The highest BCUT2D eigenvalue weighted by molar-refractivity contribution is 7.99. The first-order valence-electron chi connectivity index (χ1n) is 8.79. The number of aryl methyl sites for hydroxylation is 1. The van der Waals surface area contributed by atoms with Crippen molar-refractivity contribution >= 4 is 11.8 Å². The molecule has 2 aromatic carbocycles. The number of aliphatic hydroxyl groups excluding tert-OH is 2. The Morgan fingerprint density at radius 1 is 1.00 bits per heavy atom. The zero-order valence-electron chi connectivity index (χ0n) is 14.7. The highest BCUT2D eigenvalue weighted by Gasteiger charge is 2.49. The van der Waals surface area contributed by atoms with Crippen molar-refractivity contribution in [1.29, 1.82) is 0 Å². The largest absolute Gasteiger partial charge is 0.387 e. The van der Waals surface area contributed by atoms with Crippen LogP contribution in [0.4, 0.5) is 4.39 Å². The molecule has 2 heterocycles. The molecule has 0 unspecified atom stereocenters. The summed E-state index contributed by atoms with van der Waals surface area (Å²) in [5, 5.41) is 21.1. The second-order valence-electron chi connectivity index (χ2n) is 6.74. The Morgan fingerprint density at radius 2 is 1.74 bits per heavy atom. The van der Waals surface area contributed by atoms with Crippen LogP contribution in [0.25, 0.3) is 0 Å². The van der Waals surface area contributed by atoms with Crippen molar-refractivity contribution in [3.63, 3.8) is 0 Å². The summed E-state index contributed by atoms with van der Waals surface area (Å²) < 4.78 is 31.3. The Morgan fingerprint density at radius 3 is 2.48 bits per heavy atom. The zero-order valence-corrected chi connectivity index (χ0v) is 15.5. The van der Waals surface area contributed by atoms with Crippen LogP contribution in [-0.4, -0.2) is 46.7 Å². The van der Waals surface area contributed by atoms with Gasteiger partial charge in [-0.25, -0.2) is 4.39 Å². The van der Waals surface area contributed by atoms with Crippen LogP contribution in [-0.2, 0) is 14.2 Å². The second-order valence-corrected chi connectivity index (χ2v) is 7.91. The lowest BCUT2D eigenvalue weighted by molar-refractivity contribution is -0.318. The standard InChI is InChI=1S/C20H21FO5S/c1-11-6-8-12(9-7-11)27-20-17(23)16(22)18-15(25-20)10-24-19(26-18)13-4-2-3-5-14(13)21/h2-9,15-20,22-23H,10H2,1H3/t15-,16-,17-,18+,19+,20+/m1/s1. The van der Waals surface area contributed by atoms with Gasteiger partial charge in [0.2, 0.25) is 0 Å². The van der Waals surface area contributed by atoms with Gasteiger partial charge in [-0.1, -0.05) is 47.7 Å². The Labute approximate surface area is 161 Å². The number of thioether (sulfide) groups is 1. The fraction of sp³-hybridized carbons (Fsp3) is 0.400. The van der Waals surface area contributed by atoms with E-state index in [0.717, 1.165) is 10.5 Å². The molecule has 0 aromatic heterocycles. The van der Waals surface area contributed by atoms with Gasteiger partial charge in [0.05, 0.1) is 6.61 Å². The third-order valence-electron chi connectivity index (χ3n) is 4.77. The van der Waals surface area contributed by atoms with E-state index in [4.69, 9.17) is 14.2 Å². The average Bonchev–Trinajstić information content (AvgIpc) is 2.68. The zero-order chi connectivity index (χ0) is 19.0. The number of halogens is 1. The van der Waals surface area contributed by atoms with E-state index in [1.807, 2.05) is 31.2 Å². The lowest BCUT2D eigenvalue weighted by Crippen LogP contribution is -2.60. The number of ether oxygens (including phenoxy) is 3. The van der Waals surface area contributed by atoms with Gasteiger partial charge in [0.15, 0.2) is 6.29 Å². The quantitative estimate of drug-likeness (QED) is 0.837. The van der Waals surface area contributed by atoms with Crippen LogP contribution in [0.5, 0.6) is 0 Å². The van der Waals surface area contributed by atoms with E-state index in [9.17, 15) is 14.6 Å². The van der Waals surface area contributed by atoms with Gasteiger partial charge < -0.3 is 24.4 Å². The van der Waals surface area contributed by atoms with Crippen LogP contribution >= 0.6 is 11.8 Å². The topological polar surface area (TPSA) is 68.2 Å². The molecule has 144 valence electrons. The Bertz CT molecular complexity index is 784. The maximum Gasteiger partial charge on any atom is 0.187 e. The minimum atomic E-state index is -1.16. The molecule has 0 aliphatic carbocycles. The summed E-state index contributed by atoms with van der Waals surface area (Å²) in [7, 11) is 0. The van der Waals surface area contributed by atoms with E-state index in [0.29, 0.717) is 0 Å². The van der Waals surface area contributed by atoms with Crippen LogP contribution in [0.2, 0.25) is 0 Å². The van der Waals surface area contributed by atoms with Gasteiger partial charge in [-0.05, 0) is 25.1 Å².